The van der Waals surface area contributed by atoms with Crippen molar-refractivity contribution in [3.05, 3.63) is 45.5 Å². The lowest BCUT2D eigenvalue weighted by atomic mass is 9.80. The second-order valence-corrected chi connectivity index (χ2v) is 26.1. The van der Waals surface area contributed by atoms with Gasteiger partial charge in [0.1, 0.15) is 0 Å². The summed E-state index contributed by atoms with van der Waals surface area (Å²) >= 11 is 0. The summed E-state index contributed by atoms with van der Waals surface area (Å²) in [7, 11) is -10.4. The van der Waals surface area contributed by atoms with Crippen molar-refractivity contribution in [3.63, 3.8) is 0 Å². The second kappa shape index (κ2) is 43.6. The molecular weight excluding hydrogens is 951 g/mol. The average molecular weight is 1070 g/mol. The molecule has 4 N–H and O–H groups in total. The molecule has 0 radical (unpaired) electrons. The third kappa shape index (κ3) is 28.6. The lowest BCUT2D eigenvalue weighted by Gasteiger charge is -2.30. The molecule has 0 aromatic heterocycles. The zero-order valence-corrected chi connectivity index (χ0v) is 51.4. The highest BCUT2D eigenvalue weighted by Gasteiger charge is 2.40. The van der Waals surface area contributed by atoms with Gasteiger partial charge in [-0.05, 0) is 116 Å². The van der Waals surface area contributed by atoms with E-state index in [1.807, 2.05) is 0 Å². The molecule has 0 spiro atoms. The maximum atomic E-state index is 14.6. The number of hydrogen-bond donors (Lipinski definition) is 4. The summed E-state index contributed by atoms with van der Waals surface area (Å²) in [5, 5.41) is -0.691. The van der Waals surface area contributed by atoms with Crippen LogP contribution in [0.2, 0.25) is 0 Å². The molecule has 74 heavy (non-hydrogen) atoms. The van der Waals surface area contributed by atoms with Gasteiger partial charge in [-0.3, -0.25) is 9.13 Å². The van der Waals surface area contributed by atoms with Crippen LogP contribution in [0.3, 0.4) is 0 Å². The molecule has 2 aromatic carbocycles. The van der Waals surface area contributed by atoms with Crippen molar-refractivity contribution in [1.82, 2.24) is 0 Å². The van der Waals surface area contributed by atoms with Gasteiger partial charge in [0.15, 0.2) is 0 Å². The number of benzene rings is 2. The van der Waals surface area contributed by atoms with Crippen molar-refractivity contribution < 1.29 is 28.7 Å². The van der Waals surface area contributed by atoms with Crippen molar-refractivity contribution in [3.8, 4) is 11.1 Å². The molecular formula is C66H120O6P2. The van der Waals surface area contributed by atoms with E-state index in [4.69, 9.17) is 0 Å². The number of unbranched alkanes of at least 4 members (excludes halogenated alkanes) is 36. The van der Waals surface area contributed by atoms with E-state index in [2.05, 4.69) is 53.7 Å². The molecule has 0 fully saturated rings. The van der Waals surface area contributed by atoms with E-state index in [0.29, 0.717) is 30.4 Å². The Labute approximate surface area is 458 Å². The Morgan fingerprint density at radius 1 is 0.270 bits per heavy atom. The van der Waals surface area contributed by atoms with Crippen LogP contribution in [0.5, 0.6) is 0 Å². The van der Waals surface area contributed by atoms with Gasteiger partial charge in [0.2, 0.25) is 0 Å². The van der Waals surface area contributed by atoms with Gasteiger partial charge in [0, 0.05) is 5.56 Å². The molecule has 0 unspecified atom stereocenters. The predicted octanol–water partition coefficient (Wildman–Crippen LogP) is 20.7. The van der Waals surface area contributed by atoms with Gasteiger partial charge >= 0.3 is 15.2 Å². The van der Waals surface area contributed by atoms with Gasteiger partial charge < -0.3 is 19.6 Å². The van der Waals surface area contributed by atoms with Crippen LogP contribution < -0.4 is 10.6 Å². The Hall–Kier alpha value is -1.26. The first-order valence-corrected chi connectivity index (χ1v) is 35.6. The molecule has 0 atom stereocenters. The SMILES string of the molecule is CCCCCCCCCc1ccc(-c2c(CCCCCCCCC)c(CCCCCCCCC)c(CCCCCCCCC)c(P(=O)(O)O)c2P(=O)(O)O)c(CCCCCCCCC)c1CCCCCCCCC. The van der Waals surface area contributed by atoms with Crippen LogP contribution in [0.1, 0.15) is 345 Å². The predicted molar refractivity (Wildman–Crippen MR) is 325 cm³/mol. The second-order valence-electron chi connectivity index (χ2n) is 23.1. The molecule has 0 saturated heterocycles. The van der Waals surface area contributed by atoms with Crippen LogP contribution in [0, 0.1) is 0 Å². The number of rotatable bonds is 51. The van der Waals surface area contributed by atoms with Crippen molar-refractivity contribution in [2.75, 3.05) is 0 Å². The van der Waals surface area contributed by atoms with Crippen molar-refractivity contribution in [2.24, 2.45) is 0 Å². The molecule has 2 rings (SSSR count). The highest BCUT2D eigenvalue weighted by atomic mass is 31.2. The summed E-state index contributed by atoms with van der Waals surface area (Å²) in [5.74, 6) is 0. The van der Waals surface area contributed by atoms with Crippen molar-refractivity contribution in [2.45, 2.75) is 350 Å². The van der Waals surface area contributed by atoms with E-state index in [0.717, 1.165) is 132 Å². The fourth-order valence-electron chi connectivity index (χ4n) is 12.0. The standard InChI is InChI=1S/C66H120O6P2/c1-7-13-19-25-31-37-43-49-57-55-56-62(59(51-45-39-33-27-21-15-9-3)58(57)50-44-38-32-26-20-14-8-2)64-61(53-47-41-35-29-23-17-11-5)60(52-46-40-34-28-22-16-10-4)63(54-48-42-36-30-24-18-12-6)65(73(67,68)69)66(64)74(70,71)72/h55-56H,7-54H2,1-6H3,(H2,67,68,69)(H2,70,71,72). The maximum Gasteiger partial charge on any atom is 0.357 e. The van der Waals surface area contributed by atoms with E-state index in [1.165, 1.54) is 190 Å². The fraction of sp³-hybridized carbons (Fsp3) is 0.818. The Balaban J connectivity index is 3.12. The minimum atomic E-state index is -5.25. The Kier molecular flexibility index (Phi) is 40.6. The lowest BCUT2D eigenvalue weighted by molar-refractivity contribution is 0.381. The van der Waals surface area contributed by atoms with Crippen molar-refractivity contribution >= 4 is 25.8 Å². The van der Waals surface area contributed by atoms with E-state index in [1.54, 1.807) is 0 Å². The molecule has 0 aliphatic heterocycles. The highest BCUT2D eigenvalue weighted by molar-refractivity contribution is 7.67. The van der Waals surface area contributed by atoms with Crippen LogP contribution in [0.25, 0.3) is 11.1 Å². The molecule has 8 heteroatoms. The van der Waals surface area contributed by atoms with Gasteiger partial charge in [-0.2, -0.15) is 0 Å². The molecule has 2 aromatic rings. The van der Waals surface area contributed by atoms with Gasteiger partial charge in [0.25, 0.3) is 0 Å². The summed E-state index contributed by atoms with van der Waals surface area (Å²) < 4.78 is 29.0. The summed E-state index contributed by atoms with van der Waals surface area (Å²) in [6.45, 7) is 13.5. The Morgan fingerprint density at radius 2 is 0.527 bits per heavy atom. The maximum absolute atomic E-state index is 14.6. The Bertz CT molecular complexity index is 1790. The average Bonchev–Trinajstić information content (AvgIpc) is 3.37. The van der Waals surface area contributed by atoms with E-state index in [-0.39, 0.29) is 10.6 Å². The highest BCUT2D eigenvalue weighted by Crippen LogP contribution is 2.49. The molecule has 0 bridgehead atoms. The summed E-state index contributed by atoms with van der Waals surface area (Å²) in [6.07, 6.45) is 53.3. The van der Waals surface area contributed by atoms with Crippen LogP contribution in [-0.2, 0) is 47.7 Å². The van der Waals surface area contributed by atoms with Crippen molar-refractivity contribution in [1.29, 1.82) is 0 Å². The van der Waals surface area contributed by atoms with Gasteiger partial charge in [0.05, 0.1) is 10.6 Å². The summed E-state index contributed by atoms with van der Waals surface area (Å²) in [5.41, 5.74) is 7.85. The zero-order valence-electron chi connectivity index (χ0n) is 49.6. The van der Waals surface area contributed by atoms with Gasteiger partial charge in [-0.1, -0.05) is 285 Å². The third-order valence-electron chi connectivity index (χ3n) is 16.4. The van der Waals surface area contributed by atoms with Gasteiger partial charge in [-0.25, -0.2) is 0 Å². The topological polar surface area (TPSA) is 115 Å². The zero-order chi connectivity index (χ0) is 54.1. The lowest BCUT2D eigenvalue weighted by Crippen LogP contribution is -2.34. The smallest absolute Gasteiger partial charge is 0.321 e. The largest absolute Gasteiger partial charge is 0.357 e. The minimum Gasteiger partial charge on any atom is -0.321 e. The molecule has 430 valence electrons. The normalized spacial score (nSPS) is 12.2. The van der Waals surface area contributed by atoms with E-state index >= 15 is 0 Å². The first-order chi connectivity index (χ1) is 35.9. The molecule has 0 amide bonds. The first-order valence-electron chi connectivity index (χ1n) is 32.4. The van der Waals surface area contributed by atoms with E-state index < -0.39 is 15.2 Å². The summed E-state index contributed by atoms with van der Waals surface area (Å²) in [4.78, 5) is 47.2. The van der Waals surface area contributed by atoms with Crippen LogP contribution in [-0.4, -0.2) is 19.6 Å². The Morgan fingerprint density at radius 3 is 0.851 bits per heavy atom. The fourth-order valence-corrected chi connectivity index (χ4v) is 14.7. The third-order valence-corrected chi connectivity index (χ3v) is 18.6. The first kappa shape index (κ1) is 68.8. The number of aryl methyl sites for hydroxylation is 1. The number of hydrogen-bond acceptors (Lipinski definition) is 2. The molecule has 0 heterocycles. The van der Waals surface area contributed by atoms with Crippen LogP contribution >= 0.6 is 15.2 Å². The van der Waals surface area contributed by atoms with Gasteiger partial charge in [-0.15, -0.1) is 0 Å². The quantitative estimate of drug-likeness (QED) is 0.0388. The molecule has 0 aliphatic carbocycles. The van der Waals surface area contributed by atoms with Crippen LogP contribution in [0.4, 0.5) is 0 Å². The van der Waals surface area contributed by atoms with Crippen LogP contribution in [0.15, 0.2) is 12.1 Å². The molecule has 0 aliphatic rings. The minimum absolute atomic E-state index is 0.337. The molecule has 0 saturated carbocycles. The molecule has 6 nitrogen and oxygen atoms in total. The monoisotopic (exact) mass is 1070 g/mol. The van der Waals surface area contributed by atoms with E-state index in [9.17, 15) is 28.7 Å². The summed E-state index contributed by atoms with van der Waals surface area (Å²) in [6, 6.07) is 4.47.